The number of hydrogen-bond acceptors (Lipinski definition) is 5. The lowest BCUT2D eigenvalue weighted by atomic mass is 10.2. The molecular weight excluding hydrogens is 292 g/mol. The molecule has 6 nitrogen and oxygen atoms in total. The van der Waals surface area contributed by atoms with Crippen molar-refractivity contribution in [3.8, 4) is 0 Å². The second kappa shape index (κ2) is 7.53. The van der Waals surface area contributed by atoms with Gasteiger partial charge >= 0.3 is 5.97 Å². The van der Waals surface area contributed by atoms with Crippen LogP contribution in [0.15, 0.2) is 16.8 Å². The van der Waals surface area contributed by atoms with Crippen molar-refractivity contribution in [2.45, 2.75) is 12.5 Å². The van der Waals surface area contributed by atoms with E-state index in [1.807, 2.05) is 16.8 Å². The number of hydrogen-bond donors (Lipinski definition) is 1. The van der Waals surface area contributed by atoms with Crippen LogP contribution in [0.2, 0.25) is 0 Å². The Morgan fingerprint density at radius 3 is 3.05 bits per heavy atom. The number of carbonyl (C=O) groups excluding carboxylic acids is 1. The number of morpholine rings is 1. The van der Waals surface area contributed by atoms with Gasteiger partial charge in [-0.15, -0.1) is 0 Å². The van der Waals surface area contributed by atoms with Crippen LogP contribution in [0.1, 0.15) is 5.56 Å². The van der Waals surface area contributed by atoms with Crippen molar-refractivity contribution >= 4 is 23.2 Å². The van der Waals surface area contributed by atoms with E-state index in [9.17, 15) is 9.59 Å². The van der Waals surface area contributed by atoms with Crippen LogP contribution < -0.4 is 0 Å². The highest BCUT2D eigenvalue weighted by molar-refractivity contribution is 7.07. The van der Waals surface area contributed by atoms with Gasteiger partial charge in [-0.05, 0) is 29.4 Å². The van der Waals surface area contributed by atoms with Crippen LogP contribution in [0.5, 0.6) is 0 Å². The molecule has 116 valence electrons. The van der Waals surface area contributed by atoms with Crippen LogP contribution >= 0.6 is 11.3 Å². The summed E-state index contributed by atoms with van der Waals surface area (Å²) in [5, 5.41) is 12.7. The maximum absolute atomic E-state index is 12.2. The number of carbonyl (C=O) groups is 2. The van der Waals surface area contributed by atoms with E-state index in [1.165, 1.54) is 0 Å². The fourth-order valence-corrected chi connectivity index (χ4v) is 3.05. The first-order valence-corrected chi connectivity index (χ1v) is 7.79. The maximum atomic E-state index is 12.2. The minimum absolute atomic E-state index is 0.0251. The van der Waals surface area contributed by atoms with Crippen molar-refractivity contribution in [1.82, 2.24) is 9.80 Å². The van der Waals surface area contributed by atoms with Crippen LogP contribution in [0.4, 0.5) is 0 Å². The van der Waals surface area contributed by atoms with Crippen LogP contribution in [0.25, 0.3) is 0 Å². The number of carboxylic acids is 1. The first-order valence-electron chi connectivity index (χ1n) is 6.85. The smallest absolute Gasteiger partial charge is 0.317 e. The quantitative estimate of drug-likeness (QED) is 0.830. The third kappa shape index (κ3) is 5.11. The van der Waals surface area contributed by atoms with Crippen LogP contribution in [0.3, 0.4) is 0 Å². The van der Waals surface area contributed by atoms with Gasteiger partial charge < -0.3 is 14.7 Å². The van der Waals surface area contributed by atoms with E-state index in [0.29, 0.717) is 32.7 Å². The molecule has 7 heteroatoms. The van der Waals surface area contributed by atoms with E-state index in [1.54, 1.807) is 28.2 Å². The summed E-state index contributed by atoms with van der Waals surface area (Å²) in [5.74, 6) is -0.763. The van der Waals surface area contributed by atoms with Crippen molar-refractivity contribution < 1.29 is 19.4 Å². The molecule has 0 saturated carbocycles. The molecule has 21 heavy (non-hydrogen) atoms. The predicted octanol–water partition coefficient (Wildman–Crippen LogP) is 0.534. The minimum atomic E-state index is -0.862. The molecule has 1 unspecified atom stereocenters. The lowest BCUT2D eigenvalue weighted by Gasteiger charge is -2.34. The summed E-state index contributed by atoms with van der Waals surface area (Å²) in [6, 6.07) is 1.96. The Balaban J connectivity index is 1.82. The first-order chi connectivity index (χ1) is 10.0. The summed E-state index contributed by atoms with van der Waals surface area (Å²) in [4.78, 5) is 26.4. The van der Waals surface area contributed by atoms with Crippen LogP contribution in [0, 0.1) is 0 Å². The Hall–Kier alpha value is -1.44. The molecule has 0 aliphatic carbocycles. The summed E-state index contributed by atoms with van der Waals surface area (Å²) in [6.07, 6.45) is 0.288. The highest BCUT2D eigenvalue weighted by Gasteiger charge is 2.25. The topological polar surface area (TPSA) is 70.1 Å². The Labute approximate surface area is 127 Å². The molecule has 0 aromatic carbocycles. The van der Waals surface area contributed by atoms with Gasteiger partial charge in [0.25, 0.3) is 0 Å². The third-order valence-electron chi connectivity index (χ3n) is 3.35. The number of aliphatic carboxylic acids is 1. The largest absolute Gasteiger partial charge is 0.480 e. The fraction of sp³-hybridized carbons (Fsp3) is 0.571. The number of nitrogens with zero attached hydrogens (tertiary/aromatic N) is 2. The molecule has 1 aromatic rings. The summed E-state index contributed by atoms with van der Waals surface area (Å²) >= 11 is 1.59. The van der Waals surface area contributed by atoms with Gasteiger partial charge in [0.05, 0.1) is 25.7 Å². The van der Waals surface area contributed by atoms with Crippen molar-refractivity contribution in [2.75, 3.05) is 39.8 Å². The standard InChI is InChI=1S/C14H20N2O4S/c1-15(9-14(18)19)7-12-8-16(3-4-20-12)13(17)6-11-2-5-21-10-11/h2,5,10,12H,3-4,6-9H2,1H3,(H,18,19). The molecule has 1 N–H and O–H groups in total. The molecular formula is C14H20N2O4S. The molecule has 0 bridgehead atoms. The molecule has 2 rings (SSSR count). The van der Waals surface area contributed by atoms with Crippen molar-refractivity contribution in [3.63, 3.8) is 0 Å². The number of likely N-dealkylation sites (N-methyl/N-ethyl adjacent to an activating group) is 1. The molecule has 1 aliphatic rings. The summed E-state index contributed by atoms with van der Waals surface area (Å²) < 4.78 is 5.62. The monoisotopic (exact) mass is 312 g/mol. The summed E-state index contributed by atoms with van der Waals surface area (Å²) in [7, 11) is 1.74. The van der Waals surface area contributed by atoms with Gasteiger partial charge in [0.15, 0.2) is 0 Å². The maximum Gasteiger partial charge on any atom is 0.317 e. The lowest BCUT2D eigenvalue weighted by Crippen LogP contribution is -2.50. The fourth-order valence-electron chi connectivity index (χ4n) is 2.38. The number of carboxylic acid groups (broad SMARTS) is 1. The lowest BCUT2D eigenvalue weighted by molar-refractivity contribution is -0.142. The van der Waals surface area contributed by atoms with E-state index in [-0.39, 0.29) is 18.6 Å². The molecule has 1 atom stereocenters. The normalized spacial score (nSPS) is 19.0. The zero-order chi connectivity index (χ0) is 15.2. The zero-order valence-electron chi connectivity index (χ0n) is 12.0. The van der Waals surface area contributed by atoms with Crippen molar-refractivity contribution in [2.24, 2.45) is 0 Å². The molecule has 0 spiro atoms. The molecule has 0 radical (unpaired) electrons. The highest BCUT2D eigenvalue weighted by Crippen LogP contribution is 2.12. The number of amides is 1. The van der Waals surface area contributed by atoms with E-state index in [2.05, 4.69) is 0 Å². The molecule has 2 heterocycles. The first kappa shape index (κ1) is 15.9. The number of thiophene rings is 1. The van der Waals surface area contributed by atoms with Gasteiger partial charge in [0, 0.05) is 19.6 Å². The van der Waals surface area contributed by atoms with Gasteiger partial charge in [-0.2, -0.15) is 11.3 Å². The van der Waals surface area contributed by atoms with E-state index >= 15 is 0 Å². The van der Waals surface area contributed by atoms with Crippen molar-refractivity contribution in [3.05, 3.63) is 22.4 Å². The SMILES string of the molecule is CN(CC(=O)O)CC1CN(C(=O)Cc2ccsc2)CCO1. The van der Waals surface area contributed by atoms with Gasteiger partial charge in [0.1, 0.15) is 0 Å². The molecule has 1 fully saturated rings. The highest BCUT2D eigenvalue weighted by atomic mass is 32.1. The molecule has 1 amide bonds. The van der Waals surface area contributed by atoms with Crippen LogP contribution in [-0.2, 0) is 20.7 Å². The summed E-state index contributed by atoms with van der Waals surface area (Å²) in [5.41, 5.74) is 1.04. The molecule has 1 aromatic heterocycles. The number of rotatable bonds is 6. The van der Waals surface area contributed by atoms with Crippen molar-refractivity contribution in [1.29, 1.82) is 0 Å². The second-order valence-electron chi connectivity index (χ2n) is 5.23. The van der Waals surface area contributed by atoms with E-state index in [0.717, 1.165) is 5.56 Å². The minimum Gasteiger partial charge on any atom is -0.480 e. The predicted molar refractivity (Wildman–Crippen MR) is 79.5 cm³/mol. The van der Waals surface area contributed by atoms with Gasteiger partial charge in [-0.25, -0.2) is 0 Å². The third-order valence-corrected chi connectivity index (χ3v) is 4.08. The molecule has 1 saturated heterocycles. The number of ether oxygens (including phenoxy) is 1. The Morgan fingerprint density at radius 1 is 1.57 bits per heavy atom. The molecule has 1 aliphatic heterocycles. The van der Waals surface area contributed by atoms with Crippen LogP contribution in [-0.4, -0.2) is 72.7 Å². The Kier molecular flexibility index (Phi) is 5.72. The Morgan fingerprint density at radius 2 is 2.38 bits per heavy atom. The average Bonchev–Trinajstić information content (AvgIpc) is 2.90. The van der Waals surface area contributed by atoms with Gasteiger partial charge in [-0.1, -0.05) is 0 Å². The van der Waals surface area contributed by atoms with E-state index < -0.39 is 5.97 Å². The average molecular weight is 312 g/mol. The van der Waals surface area contributed by atoms with E-state index in [4.69, 9.17) is 9.84 Å². The van der Waals surface area contributed by atoms with Gasteiger partial charge in [0.2, 0.25) is 5.91 Å². The van der Waals surface area contributed by atoms with Gasteiger partial charge in [-0.3, -0.25) is 14.5 Å². The zero-order valence-corrected chi connectivity index (χ0v) is 12.8. The Bertz CT molecular complexity index is 477. The second-order valence-corrected chi connectivity index (χ2v) is 6.01. The summed E-state index contributed by atoms with van der Waals surface area (Å²) in [6.45, 7) is 2.10.